The summed E-state index contributed by atoms with van der Waals surface area (Å²) in [5.74, 6) is 0. The van der Waals surface area contributed by atoms with Gasteiger partial charge < -0.3 is 5.73 Å². The van der Waals surface area contributed by atoms with E-state index in [1.165, 1.54) is 18.1 Å². The van der Waals surface area contributed by atoms with Gasteiger partial charge in [-0.05, 0) is 36.0 Å². The topological polar surface area (TPSA) is 64.7 Å². The number of hydrogen-bond donors (Lipinski definition) is 1. The first-order valence-corrected chi connectivity index (χ1v) is 6.54. The molecule has 84 valence electrons. The number of nitrogens with two attached hydrogens (primary N) is 1. The molecular weight excluding hydrogens is 252 g/mol. The molecule has 1 aromatic carbocycles. The predicted octanol–water partition coefficient (Wildman–Crippen LogP) is 2.82. The molecule has 2 N–H and O–H groups in total. The third-order valence-electron chi connectivity index (χ3n) is 2.14. The van der Waals surface area contributed by atoms with E-state index in [-0.39, 0.29) is 0 Å². The SMILES string of the molecule is Nc1ccc2nc(Sc3ccncn3)sc2c1. The Labute approximate surface area is 106 Å². The van der Waals surface area contributed by atoms with Gasteiger partial charge in [0.1, 0.15) is 11.4 Å². The Kier molecular flexibility index (Phi) is 2.66. The third kappa shape index (κ3) is 2.22. The van der Waals surface area contributed by atoms with Gasteiger partial charge in [0.05, 0.1) is 10.2 Å². The maximum absolute atomic E-state index is 5.74. The van der Waals surface area contributed by atoms with Gasteiger partial charge in [-0.3, -0.25) is 0 Å². The van der Waals surface area contributed by atoms with Gasteiger partial charge in [-0.2, -0.15) is 0 Å². The number of fused-ring (bicyclic) bond motifs is 1. The standard InChI is InChI=1S/C11H8N4S2/c12-7-1-2-8-9(5-7)16-11(15-8)17-10-3-4-13-6-14-10/h1-6H,12H2. The lowest BCUT2D eigenvalue weighted by Gasteiger charge is -1.92. The van der Waals surface area contributed by atoms with Crippen molar-refractivity contribution in [3.63, 3.8) is 0 Å². The molecule has 0 unspecified atom stereocenters. The molecule has 0 atom stereocenters. The van der Waals surface area contributed by atoms with Crippen LogP contribution in [-0.2, 0) is 0 Å². The minimum atomic E-state index is 0.764. The predicted molar refractivity (Wildman–Crippen MR) is 70.2 cm³/mol. The molecule has 2 heterocycles. The number of nitrogen functional groups attached to an aromatic ring is 1. The van der Waals surface area contributed by atoms with Crippen molar-refractivity contribution in [3.8, 4) is 0 Å². The Hall–Kier alpha value is -1.66. The highest BCUT2D eigenvalue weighted by Gasteiger charge is 2.06. The zero-order chi connectivity index (χ0) is 11.7. The van der Waals surface area contributed by atoms with E-state index in [1.807, 2.05) is 24.3 Å². The molecule has 0 radical (unpaired) electrons. The number of benzene rings is 1. The molecule has 6 heteroatoms. The molecule has 0 spiro atoms. The number of rotatable bonds is 2. The van der Waals surface area contributed by atoms with Crippen molar-refractivity contribution in [1.29, 1.82) is 0 Å². The van der Waals surface area contributed by atoms with Crippen LogP contribution in [0.5, 0.6) is 0 Å². The normalized spacial score (nSPS) is 10.8. The van der Waals surface area contributed by atoms with Crippen LogP contribution in [0, 0.1) is 0 Å². The molecular formula is C11H8N4S2. The van der Waals surface area contributed by atoms with Crippen LogP contribution in [-0.4, -0.2) is 15.0 Å². The lowest BCUT2D eigenvalue weighted by atomic mass is 10.3. The van der Waals surface area contributed by atoms with Crippen LogP contribution >= 0.6 is 23.1 Å². The molecule has 0 saturated heterocycles. The van der Waals surface area contributed by atoms with Crippen molar-refractivity contribution in [3.05, 3.63) is 36.8 Å². The van der Waals surface area contributed by atoms with E-state index in [9.17, 15) is 0 Å². The van der Waals surface area contributed by atoms with E-state index in [0.717, 1.165) is 25.3 Å². The smallest absolute Gasteiger partial charge is 0.157 e. The van der Waals surface area contributed by atoms with Crippen molar-refractivity contribution < 1.29 is 0 Å². The van der Waals surface area contributed by atoms with Crippen LogP contribution in [0.15, 0.2) is 46.2 Å². The highest BCUT2D eigenvalue weighted by molar-refractivity contribution is 8.01. The van der Waals surface area contributed by atoms with E-state index in [2.05, 4.69) is 15.0 Å². The first kappa shape index (κ1) is 10.5. The Morgan fingerprint density at radius 3 is 3.00 bits per heavy atom. The monoisotopic (exact) mass is 260 g/mol. The molecule has 0 amide bonds. The quantitative estimate of drug-likeness (QED) is 0.567. The average molecular weight is 260 g/mol. The molecule has 0 aliphatic heterocycles. The Morgan fingerprint density at radius 1 is 1.24 bits per heavy atom. The van der Waals surface area contributed by atoms with Gasteiger partial charge in [0.2, 0.25) is 0 Å². The second-order valence-electron chi connectivity index (χ2n) is 3.36. The van der Waals surface area contributed by atoms with E-state index >= 15 is 0 Å². The van der Waals surface area contributed by atoms with E-state index < -0.39 is 0 Å². The van der Waals surface area contributed by atoms with Gasteiger partial charge in [-0.1, -0.05) is 0 Å². The minimum Gasteiger partial charge on any atom is -0.399 e. The van der Waals surface area contributed by atoms with Crippen molar-refractivity contribution in [2.24, 2.45) is 0 Å². The zero-order valence-electron chi connectivity index (χ0n) is 8.70. The zero-order valence-corrected chi connectivity index (χ0v) is 10.3. The maximum Gasteiger partial charge on any atom is 0.157 e. The third-order valence-corrected chi connectivity index (χ3v) is 4.17. The first-order chi connectivity index (χ1) is 8.31. The van der Waals surface area contributed by atoms with Gasteiger partial charge in [-0.15, -0.1) is 11.3 Å². The van der Waals surface area contributed by atoms with Gasteiger partial charge in [-0.25, -0.2) is 15.0 Å². The molecule has 3 aromatic rings. The summed E-state index contributed by atoms with van der Waals surface area (Å²) in [6.45, 7) is 0. The highest BCUT2D eigenvalue weighted by Crippen LogP contribution is 2.33. The number of aromatic nitrogens is 3. The van der Waals surface area contributed by atoms with Gasteiger partial charge in [0.25, 0.3) is 0 Å². The fraction of sp³-hybridized carbons (Fsp3) is 0. The van der Waals surface area contributed by atoms with Crippen LogP contribution < -0.4 is 5.73 Å². The molecule has 0 aliphatic carbocycles. The maximum atomic E-state index is 5.74. The number of anilines is 1. The Morgan fingerprint density at radius 2 is 2.18 bits per heavy atom. The van der Waals surface area contributed by atoms with Gasteiger partial charge >= 0.3 is 0 Å². The van der Waals surface area contributed by atoms with Gasteiger partial charge in [0.15, 0.2) is 4.34 Å². The molecule has 2 aromatic heterocycles. The summed E-state index contributed by atoms with van der Waals surface area (Å²) in [5, 5.41) is 0.895. The van der Waals surface area contributed by atoms with Crippen molar-refractivity contribution in [1.82, 2.24) is 15.0 Å². The van der Waals surface area contributed by atoms with Crippen molar-refractivity contribution >= 4 is 39.0 Å². The number of nitrogens with zero attached hydrogens (tertiary/aromatic N) is 3. The van der Waals surface area contributed by atoms with Crippen molar-refractivity contribution in [2.75, 3.05) is 5.73 Å². The van der Waals surface area contributed by atoms with Crippen molar-refractivity contribution in [2.45, 2.75) is 9.37 Å². The van der Waals surface area contributed by atoms with Crippen LogP contribution in [0.2, 0.25) is 0 Å². The summed E-state index contributed by atoms with van der Waals surface area (Å²) in [5.41, 5.74) is 7.47. The fourth-order valence-corrected chi connectivity index (χ4v) is 3.38. The Bertz CT molecular complexity index is 651. The Balaban J connectivity index is 1.96. The molecule has 17 heavy (non-hydrogen) atoms. The molecule has 3 rings (SSSR count). The van der Waals surface area contributed by atoms with Crippen LogP contribution in [0.25, 0.3) is 10.2 Å². The largest absolute Gasteiger partial charge is 0.399 e. The second kappa shape index (κ2) is 4.31. The average Bonchev–Trinajstić information content (AvgIpc) is 2.71. The summed E-state index contributed by atoms with van der Waals surface area (Å²) in [6, 6.07) is 7.61. The van der Waals surface area contributed by atoms with E-state index in [1.54, 1.807) is 17.5 Å². The molecule has 0 saturated carbocycles. The molecule has 0 fully saturated rings. The summed E-state index contributed by atoms with van der Waals surface area (Å²) in [6.07, 6.45) is 3.26. The number of hydrogen-bond acceptors (Lipinski definition) is 6. The first-order valence-electron chi connectivity index (χ1n) is 4.91. The lowest BCUT2D eigenvalue weighted by molar-refractivity contribution is 1.05. The van der Waals surface area contributed by atoms with Crippen LogP contribution in [0.4, 0.5) is 5.69 Å². The molecule has 4 nitrogen and oxygen atoms in total. The highest BCUT2D eigenvalue weighted by atomic mass is 32.2. The van der Waals surface area contributed by atoms with Crippen LogP contribution in [0.3, 0.4) is 0 Å². The van der Waals surface area contributed by atoms with E-state index in [4.69, 9.17) is 5.73 Å². The molecule has 0 aliphatic rings. The van der Waals surface area contributed by atoms with Gasteiger partial charge in [0, 0.05) is 11.9 Å². The number of thiazole rings is 1. The fourth-order valence-electron chi connectivity index (χ4n) is 1.39. The minimum absolute atomic E-state index is 0.764. The summed E-state index contributed by atoms with van der Waals surface area (Å²) < 4.78 is 2.06. The van der Waals surface area contributed by atoms with Crippen LogP contribution in [0.1, 0.15) is 0 Å². The van der Waals surface area contributed by atoms with E-state index in [0.29, 0.717) is 0 Å². The summed E-state index contributed by atoms with van der Waals surface area (Å²) in [4.78, 5) is 12.6. The lowest BCUT2D eigenvalue weighted by Crippen LogP contribution is -1.81. The second-order valence-corrected chi connectivity index (χ2v) is 5.65. The summed E-state index contributed by atoms with van der Waals surface area (Å²) >= 11 is 3.15. The molecule has 0 bridgehead atoms. The summed E-state index contributed by atoms with van der Waals surface area (Å²) in [7, 11) is 0.